The summed E-state index contributed by atoms with van der Waals surface area (Å²) in [7, 11) is -2.14. The SMILES string of the molecule is O=[P+](O)CN=Cc1ccccc1. The van der Waals surface area contributed by atoms with Crippen molar-refractivity contribution in [2.24, 2.45) is 4.99 Å². The molecule has 1 aromatic rings. The van der Waals surface area contributed by atoms with E-state index in [0.29, 0.717) is 0 Å². The minimum absolute atomic E-state index is 0.0236. The van der Waals surface area contributed by atoms with Crippen molar-refractivity contribution < 1.29 is 9.46 Å². The Morgan fingerprint density at radius 3 is 2.67 bits per heavy atom. The molecule has 4 heteroatoms. The van der Waals surface area contributed by atoms with Gasteiger partial charge < -0.3 is 0 Å². The number of nitrogens with zero attached hydrogens (tertiary/aromatic N) is 1. The highest BCUT2D eigenvalue weighted by atomic mass is 31.1. The second-order valence-corrected chi connectivity index (χ2v) is 3.20. The van der Waals surface area contributed by atoms with Gasteiger partial charge in [0.05, 0.1) is 0 Å². The van der Waals surface area contributed by atoms with Crippen molar-refractivity contribution in [1.29, 1.82) is 0 Å². The molecule has 0 radical (unpaired) electrons. The highest BCUT2D eigenvalue weighted by Gasteiger charge is 2.04. The molecule has 0 aliphatic rings. The number of benzene rings is 1. The maximum Gasteiger partial charge on any atom is 0.529 e. The van der Waals surface area contributed by atoms with Crippen molar-refractivity contribution in [3.63, 3.8) is 0 Å². The Hall–Kier alpha value is -1.05. The number of rotatable bonds is 3. The lowest BCUT2D eigenvalue weighted by atomic mass is 10.2. The third-order valence-electron chi connectivity index (χ3n) is 1.24. The first-order chi connectivity index (χ1) is 5.79. The van der Waals surface area contributed by atoms with E-state index in [2.05, 4.69) is 4.99 Å². The van der Waals surface area contributed by atoms with Crippen LogP contribution in [0.2, 0.25) is 0 Å². The summed E-state index contributed by atoms with van der Waals surface area (Å²) in [5.41, 5.74) is 0.939. The maximum absolute atomic E-state index is 10.2. The number of aliphatic imine (C=N–C) groups is 1. The minimum Gasteiger partial charge on any atom is -0.241 e. The standard InChI is InChI=1S/C8H8NO2P/c10-12(11)7-9-6-8-4-2-1-3-5-8/h1-6H,7H2/p+1. The summed E-state index contributed by atoms with van der Waals surface area (Å²) in [6, 6.07) is 9.45. The van der Waals surface area contributed by atoms with Crippen LogP contribution < -0.4 is 0 Å². The molecule has 1 atom stereocenters. The van der Waals surface area contributed by atoms with E-state index >= 15 is 0 Å². The van der Waals surface area contributed by atoms with Gasteiger partial charge in [0.15, 0.2) is 0 Å². The zero-order chi connectivity index (χ0) is 8.81. The molecule has 0 fully saturated rings. The van der Waals surface area contributed by atoms with Crippen LogP contribution >= 0.6 is 8.03 Å². The molecule has 0 aromatic heterocycles. The molecule has 0 heterocycles. The molecule has 1 rings (SSSR count). The lowest BCUT2D eigenvalue weighted by Crippen LogP contribution is -1.79. The Morgan fingerprint density at radius 1 is 1.42 bits per heavy atom. The summed E-state index contributed by atoms with van der Waals surface area (Å²) in [6.07, 6.45) is 1.56. The third kappa shape index (κ3) is 3.37. The van der Waals surface area contributed by atoms with Crippen LogP contribution in [0.5, 0.6) is 0 Å². The normalized spacial score (nSPS) is 11.9. The second kappa shape index (κ2) is 4.75. The van der Waals surface area contributed by atoms with E-state index in [1.54, 1.807) is 6.21 Å². The van der Waals surface area contributed by atoms with Crippen LogP contribution in [0.25, 0.3) is 0 Å². The first-order valence-corrected chi connectivity index (χ1v) is 4.87. The topological polar surface area (TPSA) is 49.7 Å². The summed E-state index contributed by atoms with van der Waals surface area (Å²) in [6.45, 7) is 0. The number of hydrogen-bond donors (Lipinski definition) is 1. The zero-order valence-electron chi connectivity index (χ0n) is 6.42. The van der Waals surface area contributed by atoms with Gasteiger partial charge in [0, 0.05) is 6.21 Å². The van der Waals surface area contributed by atoms with Crippen molar-refractivity contribution in [3.8, 4) is 0 Å². The molecule has 12 heavy (non-hydrogen) atoms. The van der Waals surface area contributed by atoms with Crippen LogP contribution in [0.15, 0.2) is 35.3 Å². The van der Waals surface area contributed by atoms with Gasteiger partial charge in [0.1, 0.15) is 0 Å². The molecule has 1 N–H and O–H groups in total. The Kier molecular flexibility index (Phi) is 3.58. The first kappa shape index (κ1) is 9.04. The quantitative estimate of drug-likeness (QED) is 0.572. The van der Waals surface area contributed by atoms with E-state index in [0.717, 1.165) is 5.56 Å². The molecular formula is C8H9NO2P+. The van der Waals surface area contributed by atoms with Gasteiger partial charge in [-0.3, -0.25) is 0 Å². The summed E-state index contributed by atoms with van der Waals surface area (Å²) >= 11 is 0. The lowest BCUT2D eigenvalue weighted by molar-refractivity contribution is 0.504. The molecule has 1 aromatic carbocycles. The van der Waals surface area contributed by atoms with Crippen molar-refractivity contribution >= 4 is 14.2 Å². The predicted octanol–water partition coefficient (Wildman–Crippen LogP) is 1.80. The number of hydrogen-bond acceptors (Lipinski definition) is 2. The van der Waals surface area contributed by atoms with Gasteiger partial charge in [-0.1, -0.05) is 30.3 Å². The minimum atomic E-state index is -2.14. The zero-order valence-corrected chi connectivity index (χ0v) is 7.32. The maximum atomic E-state index is 10.2. The van der Waals surface area contributed by atoms with E-state index in [-0.39, 0.29) is 6.29 Å². The Bertz CT molecular complexity index is 284. The van der Waals surface area contributed by atoms with Gasteiger partial charge in [-0.2, -0.15) is 4.89 Å². The highest BCUT2D eigenvalue weighted by Crippen LogP contribution is 2.11. The average molecular weight is 182 g/mol. The van der Waals surface area contributed by atoms with E-state index in [4.69, 9.17) is 4.89 Å². The lowest BCUT2D eigenvalue weighted by Gasteiger charge is -1.86. The van der Waals surface area contributed by atoms with Crippen LogP contribution in [-0.2, 0) is 4.57 Å². The first-order valence-electron chi connectivity index (χ1n) is 3.47. The van der Waals surface area contributed by atoms with E-state index < -0.39 is 8.03 Å². The van der Waals surface area contributed by atoms with E-state index in [9.17, 15) is 4.57 Å². The van der Waals surface area contributed by atoms with Crippen LogP contribution in [0, 0.1) is 0 Å². The van der Waals surface area contributed by atoms with Gasteiger partial charge in [-0.05, 0) is 10.1 Å². The fourth-order valence-corrected chi connectivity index (χ4v) is 0.977. The van der Waals surface area contributed by atoms with Crippen LogP contribution in [-0.4, -0.2) is 17.4 Å². The smallest absolute Gasteiger partial charge is 0.241 e. The molecule has 1 unspecified atom stereocenters. The van der Waals surface area contributed by atoms with Gasteiger partial charge in [-0.25, -0.2) is 4.99 Å². The Balaban J connectivity index is 2.52. The summed E-state index contributed by atoms with van der Waals surface area (Å²) in [5, 5.41) is 0. The molecule has 0 aliphatic carbocycles. The van der Waals surface area contributed by atoms with Crippen LogP contribution in [0.1, 0.15) is 5.56 Å². The average Bonchev–Trinajstić information content (AvgIpc) is 2.05. The van der Waals surface area contributed by atoms with Gasteiger partial charge in [-0.15, -0.1) is 0 Å². The molecule has 0 aliphatic heterocycles. The van der Waals surface area contributed by atoms with Crippen molar-refractivity contribution in [2.45, 2.75) is 0 Å². The fraction of sp³-hybridized carbons (Fsp3) is 0.125. The summed E-state index contributed by atoms with van der Waals surface area (Å²) < 4.78 is 10.2. The van der Waals surface area contributed by atoms with E-state index in [1.807, 2.05) is 30.3 Å². The van der Waals surface area contributed by atoms with Gasteiger partial charge >= 0.3 is 8.03 Å². The van der Waals surface area contributed by atoms with Gasteiger partial charge in [0.25, 0.3) is 6.29 Å². The fourth-order valence-electron chi connectivity index (χ4n) is 0.755. The largest absolute Gasteiger partial charge is 0.529 e. The van der Waals surface area contributed by atoms with Crippen LogP contribution in [0.4, 0.5) is 0 Å². The molecule has 0 bridgehead atoms. The molecule has 0 saturated carbocycles. The molecule has 0 spiro atoms. The Morgan fingerprint density at radius 2 is 2.08 bits per heavy atom. The molecule has 0 saturated heterocycles. The monoisotopic (exact) mass is 182 g/mol. The second-order valence-electron chi connectivity index (χ2n) is 2.22. The molecule has 62 valence electrons. The molecule has 0 amide bonds. The van der Waals surface area contributed by atoms with Crippen LogP contribution in [0.3, 0.4) is 0 Å². The summed E-state index contributed by atoms with van der Waals surface area (Å²) in [5.74, 6) is 0. The molecular weight excluding hydrogens is 173 g/mol. The third-order valence-corrected chi connectivity index (χ3v) is 1.65. The highest BCUT2D eigenvalue weighted by molar-refractivity contribution is 7.37. The summed E-state index contributed by atoms with van der Waals surface area (Å²) in [4.78, 5) is 12.2. The van der Waals surface area contributed by atoms with Crippen molar-refractivity contribution in [3.05, 3.63) is 35.9 Å². The van der Waals surface area contributed by atoms with Gasteiger partial charge in [0.2, 0.25) is 0 Å². The predicted molar refractivity (Wildman–Crippen MR) is 48.7 cm³/mol. The van der Waals surface area contributed by atoms with Crippen molar-refractivity contribution in [1.82, 2.24) is 0 Å². The Labute approximate surface area is 71.6 Å². The van der Waals surface area contributed by atoms with Crippen molar-refractivity contribution in [2.75, 3.05) is 6.29 Å². The van der Waals surface area contributed by atoms with E-state index in [1.165, 1.54) is 0 Å². The molecule has 3 nitrogen and oxygen atoms in total.